The summed E-state index contributed by atoms with van der Waals surface area (Å²) < 4.78 is 0.869. The molecule has 1 aromatic heterocycles. The van der Waals surface area contributed by atoms with Crippen molar-refractivity contribution in [1.82, 2.24) is 10.2 Å². The van der Waals surface area contributed by atoms with E-state index in [0.29, 0.717) is 11.4 Å². The van der Waals surface area contributed by atoms with Crippen LogP contribution < -0.4 is 10.5 Å². The van der Waals surface area contributed by atoms with E-state index in [2.05, 4.69) is 20.7 Å². The summed E-state index contributed by atoms with van der Waals surface area (Å²) in [5.41, 5.74) is 1.27. The maximum absolute atomic E-state index is 11.2. The summed E-state index contributed by atoms with van der Waals surface area (Å²) in [6, 6.07) is 4.55. The Kier molecular flexibility index (Phi) is 4.60. The zero-order chi connectivity index (χ0) is 16.4. The van der Waals surface area contributed by atoms with Crippen molar-refractivity contribution in [3.05, 3.63) is 28.1 Å². The number of carboxylic acid groups (broad SMARTS) is 1. The number of amides is 2. The topological polar surface area (TPSA) is 121 Å². The summed E-state index contributed by atoms with van der Waals surface area (Å²) in [6.07, 6.45) is -1.12. The van der Waals surface area contributed by atoms with Crippen LogP contribution in [0.1, 0.15) is 10.2 Å². The number of carbonyl (C=O) groups is 2. The number of nitrogens with one attached hydrogen (secondary N) is 2. The molecule has 2 aromatic rings. The predicted molar refractivity (Wildman–Crippen MR) is 89.9 cm³/mol. The van der Waals surface area contributed by atoms with E-state index in [4.69, 9.17) is 5.11 Å². The minimum atomic E-state index is -1.12. The molecule has 2 atom stereocenters. The molecule has 1 fully saturated rings. The van der Waals surface area contributed by atoms with Gasteiger partial charge in [0.15, 0.2) is 0 Å². The average Bonchev–Trinajstić information content (AvgIpc) is 2.97. The third-order valence-corrected chi connectivity index (χ3v) is 5.67. The summed E-state index contributed by atoms with van der Waals surface area (Å²) in [5.74, 6) is -0.270. The second kappa shape index (κ2) is 6.65. The quantitative estimate of drug-likeness (QED) is 0.572. The van der Waals surface area contributed by atoms with Crippen LogP contribution in [0, 0.1) is 4.91 Å². The summed E-state index contributed by atoms with van der Waals surface area (Å²) in [6.45, 7) is 0. The Labute approximate surface area is 139 Å². The average molecular weight is 349 g/mol. The minimum Gasteiger partial charge on any atom is -0.465 e. The molecular formula is C12H10BN4O4S2. The van der Waals surface area contributed by atoms with Crippen LogP contribution in [-0.4, -0.2) is 41.3 Å². The molecule has 1 radical (unpaired) electrons. The van der Waals surface area contributed by atoms with E-state index in [9.17, 15) is 14.5 Å². The molecule has 2 unspecified atom stereocenters. The van der Waals surface area contributed by atoms with Gasteiger partial charge < -0.3 is 10.3 Å². The normalized spacial score (nSPS) is 20.7. The number of carbonyl (C=O) groups excluding carboxylic acids is 1. The first-order valence-electron chi connectivity index (χ1n) is 6.55. The second-order valence-corrected chi connectivity index (χ2v) is 6.97. The molecule has 1 aromatic carbocycles. The maximum Gasteiger partial charge on any atom is 0.409 e. The van der Waals surface area contributed by atoms with Crippen LogP contribution in [0.4, 0.5) is 10.5 Å². The van der Waals surface area contributed by atoms with E-state index in [-0.39, 0.29) is 5.15 Å². The first kappa shape index (κ1) is 15.9. The lowest BCUT2D eigenvalue weighted by Gasteiger charge is -2.24. The van der Waals surface area contributed by atoms with Gasteiger partial charge in [-0.25, -0.2) is 9.78 Å². The number of benzene rings is 1. The van der Waals surface area contributed by atoms with Crippen molar-refractivity contribution in [3.8, 4) is 0 Å². The largest absolute Gasteiger partial charge is 0.465 e. The van der Waals surface area contributed by atoms with Gasteiger partial charge in [-0.05, 0) is 18.2 Å². The van der Waals surface area contributed by atoms with Crippen LogP contribution in [0.25, 0.3) is 10.2 Å². The predicted octanol–water partition coefficient (Wildman–Crippen LogP) is 2.00. The highest BCUT2D eigenvalue weighted by atomic mass is 32.2. The van der Waals surface area contributed by atoms with Gasteiger partial charge >= 0.3 is 12.0 Å². The van der Waals surface area contributed by atoms with Crippen molar-refractivity contribution in [2.75, 3.05) is 11.1 Å². The van der Waals surface area contributed by atoms with Crippen LogP contribution in [0.5, 0.6) is 0 Å². The molecule has 1 aliphatic rings. The lowest BCUT2D eigenvalue weighted by molar-refractivity contribution is -0.119. The van der Waals surface area contributed by atoms with Crippen LogP contribution in [0.2, 0.25) is 0 Å². The van der Waals surface area contributed by atoms with E-state index in [0.717, 1.165) is 15.2 Å². The van der Waals surface area contributed by atoms with Crippen LogP contribution in [0.3, 0.4) is 0 Å². The highest BCUT2D eigenvalue weighted by molar-refractivity contribution is 8.01. The Morgan fingerprint density at radius 1 is 1.48 bits per heavy atom. The van der Waals surface area contributed by atoms with Crippen molar-refractivity contribution in [2.24, 2.45) is 5.18 Å². The smallest absolute Gasteiger partial charge is 0.409 e. The van der Waals surface area contributed by atoms with Gasteiger partial charge in [0.25, 0.3) is 0 Å². The first-order chi connectivity index (χ1) is 11.1. The summed E-state index contributed by atoms with van der Waals surface area (Å²) >= 11 is 2.95. The van der Waals surface area contributed by atoms with Crippen molar-refractivity contribution in [1.29, 1.82) is 0 Å². The van der Waals surface area contributed by atoms with Gasteiger partial charge in [0, 0.05) is 21.8 Å². The number of thioether (sulfide) groups is 1. The molecule has 1 aliphatic heterocycles. The molecule has 0 aliphatic carbocycles. The standard InChI is InChI=1S/C12H10BN4O4S2/c18-10(17-21)7-4-22-9(13-16-7)11-15-6-2-1-5(14-12(19)20)3-8(6)23-11/h1-3,7,9,14,16H,4H2,(H,19,20). The lowest BCUT2D eigenvalue weighted by Crippen LogP contribution is -2.45. The molecular weight excluding hydrogens is 339 g/mol. The molecule has 0 spiro atoms. The van der Waals surface area contributed by atoms with Gasteiger partial charge in [-0.3, -0.25) is 10.1 Å². The molecule has 0 saturated carbocycles. The fourth-order valence-corrected chi connectivity index (χ4v) is 4.43. The van der Waals surface area contributed by atoms with Gasteiger partial charge in [0.05, 0.1) is 16.3 Å². The number of anilines is 1. The molecule has 3 rings (SSSR count). The van der Waals surface area contributed by atoms with E-state index in [1.807, 2.05) is 0 Å². The Bertz CT molecular complexity index is 776. The Balaban J connectivity index is 1.75. The molecule has 0 bridgehead atoms. The number of nitroso groups, excluding NO2 is 1. The van der Waals surface area contributed by atoms with Gasteiger partial charge in [-0.2, -0.15) is 11.8 Å². The number of fused-ring (bicyclic) bond motifs is 1. The van der Waals surface area contributed by atoms with Gasteiger partial charge in [0.2, 0.25) is 7.41 Å². The summed E-state index contributed by atoms with van der Waals surface area (Å²) in [7, 11) is 1.73. The van der Waals surface area contributed by atoms with Crippen molar-refractivity contribution in [3.63, 3.8) is 0 Å². The van der Waals surface area contributed by atoms with Gasteiger partial charge in [-0.1, -0.05) is 0 Å². The fraction of sp³-hybridized carbons (Fsp3) is 0.250. The number of rotatable bonds is 3. The van der Waals surface area contributed by atoms with Crippen LogP contribution >= 0.6 is 23.1 Å². The number of hydrogen-bond donors (Lipinski definition) is 3. The minimum absolute atomic E-state index is 0.0426. The molecule has 2 heterocycles. The number of aromatic nitrogens is 1. The van der Waals surface area contributed by atoms with Gasteiger partial charge in [-0.15, -0.1) is 16.2 Å². The lowest BCUT2D eigenvalue weighted by atomic mass is 9.87. The van der Waals surface area contributed by atoms with E-state index in [1.54, 1.807) is 25.6 Å². The second-order valence-electron chi connectivity index (χ2n) is 4.73. The third-order valence-electron chi connectivity index (χ3n) is 3.18. The molecule has 117 valence electrons. The SMILES string of the molecule is O=NC(=O)C1CSC(c2nc3ccc(NC(=O)O)cc3s2)[B]N1. The molecule has 1 saturated heterocycles. The zero-order valence-electron chi connectivity index (χ0n) is 11.6. The number of nitrogens with zero attached hydrogens (tertiary/aromatic N) is 2. The number of thiazole rings is 1. The highest BCUT2D eigenvalue weighted by Gasteiger charge is 2.30. The Morgan fingerprint density at radius 3 is 2.96 bits per heavy atom. The van der Waals surface area contributed by atoms with Crippen molar-refractivity contribution >= 4 is 58.4 Å². The molecule has 23 heavy (non-hydrogen) atoms. The maximum atomic E-state index is 11.2. The van der Waals surface area contributed by atoms with E-state index in [1.165, 1.54) is 23.1 Å². The van der Waals surface area contributed by atoms with Crippen molar-refractivity contribution < 1.29 is 14.7 Å². The molecule has 2 amide bonds. The zero-order valence-corrected chi connectivity index (χ0v) is 13.2. The summed E-state index contributed by atoms with van der Waals surface area (Å²) in [4.78, 5) is 36.7. The molecule has 11 heteroatoms. The number of hydrogen-bond acceptors (Lipinski definition) is 7. The Hall–Kier alpha value is -1.98. The monoisotopic (exact) mass is 349 g/mol. The van der Waals surface area contributed by atoms with Gasteiger partial charge in [0.1, 0.15) is 5.01 Å². The first-order valence-corrected chi connectivity index (χ1v) is 8.42. The van der Waals surface area contributed by atoms with Crippen molar-refractivity contribution in [2.45, 2.75) is 11.2 Å². The fourth-order valence-electron chi connectivity index (χ4n) is 2.11. The highest BCUT2D eigenvalue weighted by Crippen LogP contribution is 2.36. The third kappa shape index (κ3) is 3.51. The summed E-state index contributed by atoms with van der Waals surface area (Å²) in [5, 5.41) is 17.2. The van der Waals surface area contributed by atoms with Crippen LogP contribution in [0.15, 0.2) is 23.4 Å². The molecule has 3 N–H and O–H groups in total. The van der Waals surface area contributed by atoms with E-state index >= 15 is 0 Å². The molecule has 8 nitrogen and oxygen atoms in total. The van der Waals surface area contributed by atoms with E-state index < -0.39 is 18.0 Å². The van der Waals surface area contributed by atoms with Crippen LogP contribution in [-0.2, 0) is 4.79 Å². The Morgan fingerprint density at radius 2 is 2.30 bits per heavy atom.